The van der Waals surface area contributed by atoms with Gasteiger partial charge < -0.3 is 9.84 Å². The SMILES string of the molecule is COC(=O)/C(C=Nc1ccc(C(=O)c2ccncc2)cc1)=C(\C)O. The predicted molar refractivity (Wildman–Crippen MR) is 89.6 cm³/mol. The van der Waals surface area contributed by atoms with E-state index in [1.165, 1.54) is 20.2 Å². The second-order valence-corrected chi connectivity index (χ2v) is 4.86. The van der Waals surface area contributed by atoms with E-state index in [2.05, 4.69) is 14.7 Å². The largest absolute Gasteiger partial charge is 0.512 e. The Kier molecular flexibility index (Phi) is 5.57. The van der Waals surface area contributed by atoms with Gasteiger partial charge >= 0.3 is 5.97 Å². The number of hydrogen-bond acceptors (Lipinski definition) is 6. The fourth-order valence-electron chi connectivity index (χ4n) is 1.91. The monoisotopic (exact) mass is 324 g/mol. The average Bonchev–Trinajstić information content (AvgIpc) is 2.62. The van der Waals surface area contributed by atoms with Crippen LogP contribution in [0.3, 0.4) is 0 Å². The molecule has 0 amide bonds. The highest BCUT2D eigenvalue weighted by atomic mass is 16.5. The zero-order valence-electron chi connectivity index (χ0n) is 13.3. The molecule has 6 nitrogen and oxygen atoms in total. The van der Waals surface area contributed by atoms with E-state index >= 15 is 0 Å². The number of rotatable bonds is 5. The summed E-state index contributed by atoms with van der Waals surface area (Å²) in [5.41, 5.74) is 1.56. The van der Waals surface area contributed by atoms with Crippen LogP contribution < -0.4 is 0 Å². The summed E-state index contributed by atoms with van der Waals surface area (Å²) < 4.78 is 4.56. The van der Waals surface area contributed by atoms with Crippen LogP contribution in [0, 0.1) is 0 Å². The second-order valence-electron chi connectivity index (χ2n) is 4.86. The number of benzene rings is 1. The van der Waals surface area contributed by atoms with Crippen LogP contribution in [0.5, 0.6) is 0 Å². The summed E-state index contributed by atoms with van der Waals surface area (Å²) in [5.74, 6) is -0.979. The number of nitrogens with zero attached hydrogens (tertiary/aromatic N) is 2. The molecule has 0 saturated carbocycles. The van der Waals surface area contributed by atoms with Gasteiger partial charge in [0.05, 0.1) is 12.8 Å². The molecule has 0 spiro atoms. The van der Waals surface area contributed by atoms with Crippen molar-refractivity contribution in [3.8, 4) is 0 Å². The predicted octanol–water partition coefficient (Wildman–Crippen LogP) is 3.02. The molecule has 0 aliphatic carbocycles. The number of pyridine rings is 1. The average molecular weight is 324 g/mol. The van der Waals surface area contributed by atoms with Gasteiger partial charge in [0.25, 0.3) is 0 Å². The van der Waals surface area contributed by atoms with Crippen LogP contribution in [0.2, 0.25) is 0 Å². The lowest BCUT2D eigenvalue weighted by Crippen LogP contribution is -2.08. The number of aliphatic hydroxyl groups excluding tert-OH is 1. The molecule has 0 aliphatic heterocycles. The molecular weight excluding hydrogens is 308 g/mol. The Morgan fingerprint density at radius 1 is 1.08 bits per heavy atom. The van der Waals surface area contributed by atoms with Crippen LogP contribution in [0.1, 0.15) is 22.8 Å². The van der Waals surface area contributed by atoms with Crippen molar-refractivity contribution in [2.24, 2.45) is 4.99 Å². The van der Waals surface area contributed by atoms with E-state index in [0.717, 1.165) is 0 Å². The first kappa shape index (κ1) is 17.1. The Bertz CT molecular complexity index is 790. The quantitative estimate of drug-likeness (QED) is 0.300. The third-order valence-electron chi connectivity index (χ3n) is 3.21. The van der Waals surface area contributed by atoms with E-state index in [1.54, 1.807) is 48.8 Å². The number of aliphatic imine (C=N–C) groups is 1. The van der Waals surface area contributed by atoms with Gasteiger partial charge in [-0.15, -0.1) is 0 Å². The van der Waals surface area contributed by atoms with E-state index in [4.69, 9.17) is 0 Å². The van der Waals surface area contributed by atoms with Crippen molar-refractivity contribution in [2.45, 2.75) is 6.92 Å². The van der Waals surface area contributed by atoms with E-state index < -0.39 is 5.97 Å². The minimum Gasteiger partial charge on any atom is -0.512 e. The zero-order valence-corrected chi connectivity index (χ0v) is 13.3. The Morgan fingerprint density at radius 3 is 2.21 bits per heavy atom. The van der Waals surface area contributed by atoms with Gasteiger partial charge in [-0.2, -0.15) is 0 Å². The summed E-state index contributed by atoms with van der Waals surface area (Å²) in [6.07, 6.45) is 4.34. The first-order valence-corrected chi connectivity index (χ1v) is 7.10. The number of allylic oxidation sites excluding steroid dienone is 1. The highest BCUT2D eigenvalue weighted by molar-refractivity contribution is 6.10. The van der Waals surface area contributed by atoms with Crippen molar-refractivity contribution >= 4 is 23.7 Å². The number of ketones is 1. The normalized spacial score (nSPS) is 11.9. The highest BCUT2D eigenvalue weighted by Crippen LogP contribution is 2.16. The van der Waals surface area contributed by atoms with Crippen molar-refractivity contribution in [3.63, 3.8) is 0 Å². The lowest BCUT2D eigenvalue weighted by molar-refractivity contribution is -0.135. The fraction of sp³-hybridized carbons (Fsp3) is 0.111. The molecule has 122 valence electrons. The Balaban J connectivity index is 2.18. The van der Waals surface area contributed by atoms with Crippen LogP contribution in [0.4, 0.5) is 5.69 Å². The van der Waals surface area contributed by atoms with Gasteiger partial charge in [-0.1, -0.05) is 0 Å². The molecule has 0 atom stereocenters. The van der Waals surface area contributed by atoms with E-state index in [1.807, 2.05) is 0 Å². The van der Waals surface area contributed by atoms with Gasteiger partial charge in [0.2, 0.25) is 0 Å². The number of ether oxygens (including phenoxy) is 1. The molecule has 0 unspecified atom stereocenters. The highest BCUT2D eigenvalue weighted by Gasteiger charge is 2.11. The Morgan fingerprint density at radius 2 is 1.67 bits per heavy atom. The second kappa shape index (κ2) is 7.82. The lowest BCUT2D eigenvalue weighted by Gasteiger charge is -2.02. The molecule has 1 aromatic carbocycles. The number of carbonyl (C=O) groups is 2. The maximum absolute atomic E-state index is 12.3. The smallest absolute Gasteiger partial charge is 0.342 e. The first-order chi connectivity index (χ1) is 11.5. The van der Waals surface area contributed by atoms with Crippen LogP contribution >= 0.6 is 0 Å². The first-order valence-electron chi connectivity index (χ1n) is 7.10. The number of aliphatic hydroxyl groups is 1. The van der Waals surface area contributed by atoms with Crippen molar-refractivity contribution < 1.29 is 19.4 Å². The van der Waals surface area contributed by atoms with Crippen molar-refractivity contribution in [1.82, 2.24) is 4.98 Å². The summed E-state index contributed by atoms with van der Waals surface area (Å²) >= 11 is 0. The maximum atomic E-state index is 12.3. The van der Waals surface area contributed by atoms with Gasteiger partial charge in [0.1, 0.15) is 11.3 Å². The van der Waals surface area contributed by atoms with Crippen molar-refractivity contribution in [3.05, 3.63) is 71.3 Å². The molecule has 1 heterocycles. The molecule has 0 bridgehead atoms. The lowest BCUT2D eigenvalue weighted by atomic mass is 10.0. The molecule has 2 aromatic rings. The molecule has 1 N–H and O–H groups in total. The van der Waals surface area contributed by atoms with Gasteiger partial charge in [-0.3, -0.25) is 14.8 Å². The zero-order chi connectivity index (χ0) is 17.5. The number of carbonyl (C=O) groups excluding carboxylic acids is 2. The number of aromatic nitrogens is 1. The topological polar surface area (TPSA) is 88.9 Å². The number of methoxy groups -OCH3 is 1. The molecular formula is C18H16N2O4. The van der Waals surface area contributed by atoms with Gasteiger partial charge in [-0.05, 0) is 43.3 Å². The maximum Gasteiger partial charge on any atom is 0.342 e. The molecule has 1 aromatic heterocycles. The van der Waals surface area contributed by atoms with Gasteiger partial charge in [0.15, 0.2) is 5.78 Å². The summed E-state index contributed by atoms with van der Waals surface area (Å²) in [5, 5.41) is 9.47. The Hall–Kier alpha value is -3.28. The molecule has 0 saturated heterocycles. The standard InChI is InChI=1S/C18H16N2O4/c1-12(21)16(18(23)24-2)11-20-15-5-3-13(4-6-15)17(22)14-7-9-19-10-8-14/h3-11,21H,1-2H3/b16-12+,20-11?. The molecule has 2 rings (SSSR count). The minimum absolute atomic E-state index is 0.0329. The van der Waals surface area contributed by atoms with Crippen molar-refractivity contribution in [2.75, 3.05) is 7.11 Å². The van der Waals surface area contributed by atoms with Gasteiger partial charge in [-0.25, -0.2) is 4.79 Å². The minimum atomic E-state index is -0.678. The number of esters is 1. The summed E-state index contributed by atoms with van der Waals surface area (Å²) in [4.78, 5) is 31.8. The fourth-order valence-corrected chi connectivity index (χ4v) is 1.91. The number of hydrogen-bond donors (Lipinski definition) is 1. The van der Waals surface area contributed by atoms with Crippen LogP contribution in [-0.4, -0.2) is 35.2 Å². The summed E-state index contributed by atoms with van der Waals surface area (Å²) in [7, 11) is 1.22. The van der Waals surface area contributed by atoms with Crippen LogP contribution in [0.25, 0.3) is 0 Å². The summed E-state index contributed by atoms with van der Waals surface area (Å²) in [6, 6.07) is 9.86. The van der Waals surface area contributed by atoms with Crippen LogP contribution in [-0.2, 0) is 9.53 Å². The third-order valence-corrected chi connectivity index (χ3v) is 3.21. The van der Waals surface area contributed by atoms with E-state index in [9.17, 15) is 14.7 Å². The molecule has 0 fully saturated rings. The molecule has 0 radical (unpaired) electrons. The molecule has 0 aliphatic rings. The third kappa shape index (κ3) is 4.13. The molecule has 6 heteroatoms. The van der Waals surface area contributed by atoms with Gasteiger partial charge in [0, 0.05) is 29.7 Å². The van der Waals surface area contributed by atoms with E-state index in [-0.39, 0.29) is 17.1 Å². The Labute approximate surface area is 139 Å². The van der Waals surface area contributed by atoms with Crippen LogP contribution in [0.15, 0.2) is 65.1 Å². The molecule has 24 heavy (non-hydrogen) atoms. The van der Waals surface area contributed by atoms with Crippen molar-refractivity contribution in [1.29, 1.82) is 0 Å². The summed E-state index contributed by atoms with van der Waals surface area (Å²) in [6.45, 7) is 1.37. The van der Waals surface area contributed by atoms with E-state index in [0.29, 0.717) is 16.8 Å².